The van der Waals surface area contributed by atoms with Crippen molar-refractivity contribution in [3.63, 3.8) is 0 Å². The second-order valence-electron chi connectivity index (χ2n) is 7.70. The van der Waals surface area contributed by atoms with E-state index in [1.807, 2.05) is 60.7 Å². The van der Waals surface area contributed by atoms with Crippen LogP contribution in [0.5, 0.6) is 0 Å². The van der Waals surface area contributed by atoms with Gasteiger partial charge in [-0.1, -0.05) is 55.5 Å². The summed E-state index contributed by atoms with van der Waals surface area (Å²) < 4.78 is 6.00. The molecular weight excluding hydrogens is 396 g/mol. The Hall–Kier alpha value is -3.65. The summed E-state index contributed by atoms with van der Waals surface area (Å²) >= 11 is 0. The summed E-state index contributed by atoms with van der Waals surface area (Å²) in [6.45, 7) is 3.30. The van der Waals surface area contributed by atoms with Crippen molar-refractivity contribution in [2.75, 3.05) is 6.54 Å². The highest BCUT2D eigenvalue weighted by atomic mass is 16.3. The second-order valence-corrected chi connectivity index (χ2v) is 7.70. The van der Waals surface area contributed by atoms with Crippen LogP contribution >= 0.6 is 0 Å². The summed E-state index contributed by atoms with van der Waals surface area (Å²) in [5.41, 5.74) is 3.05. The van der Waals surface area contributed by atoms with Crippen molar-refractivity contribution in [2.45, 2.75) is 31.8 Å². The number of furan rings is 1. The van der Waals surface area contributed by atoms with Gasteiger partial charge in [0.2, 0.25) is 0 Å². The number of hydrogen-bond donors (Lipinski definition) is 3. The van der Waals surface area contributed by atoms with Crippen LogP contribution in [0.3, 0.4) is 0 Å². The molecule has 31 heavy (non-hydrogen) atoms. The summed E-state index contributed by atoms with van der Waals surface area (Å²) in [4.78, 5) is 37.1. The number of amides is 4. The van der Waals surface area contributed by atoms with Gasteiger partial charge in [-0.3, -0.25) is 20.3 Å². The van der Waals surface area contributed by atoms with Gasteiger partial charge >= 0.3 is 6.03 Å². The predicted octanol–water partition coefficient (Wildman–Crippen LogP) is 2.86. The van der Waals surface area contributed by atoms with Gasteiger partial charge in [-0.25, -0.2) is 4.79 Å². The molecule has 0 spiro atoms. The average molecular weight is 420 g/mol. The maximum Gasteiger partial charge on any atom is 0.344 e. The molecule has 0 bridgehead atoms. The van der Waals surface area contributed by atoms with Gasteiger partial charge in [-0.15, -0.1) is 0 Å². The third-order valence-electron chi connectivity index (χ3n) is 5.53. The van der Waals surface area contributed by atoms with Crippen LogP contribution in [0.25, 0.3) is 11.0 Å². The lowest BCUT2D eigenvalue weighted by atomic mass is 10.00. The van der Waals surface area contributed by atoms with E-state index in [0.717, 1.165) is 21.5 Å². The van der Waals surface area contributed by atoms with Gasteiger partial charge in [-0.05, 0) is 31.0 Å². The lowest BCUT2D eigenvalue weighted by Gasteiger charge is -2.20. The van der Waals surface area contributed by atoms with Crippen LogP contribution in [-0.2, 0) is 9.59 Å². The van der Waals surface area contributed by atoms with Gasteiger partial charge in [0.1, 0.15) is 16.9 Å². The number of urea groups is 1. The Kier molecular flexibility index (Phi) is 5.48. The number of nitrogens with one attached hydrogen (secondary N) is 3. The quantitative estimate of drug-likeness (QED) is 0.510. The number of para-hydroxylation sites is 1. The van der Waals surface area contributed by atoms with Crippen molar-refractivity contribution in [1.82, 2.24) is 21.1 Å². The van der Waals surface area contributed by atoms with Gasteiger partial charge in [0, 0.05) is 5.39 Å². The Balaban J connectivity index is 1.50. The molecule has 1 aliphatic rings. The molecule has 4 amide bonds. The molecule has 0 saturated carbocycles. The number of fused-ring (bicyclic) bond motifs is 1. The van der Waals surface area contributed by atoms with E-state index in [1.54, 1.807) is 13.8 Å². The van der Waals surface area contributed by atoms with E-state index in [1.165, 1.54) is 0 Å². The van der Waals surface area contributed by atoms with Crippen LogP contribution in [0.2, 0.25) is 0 Å². The average Bonchev–Trinajstić information content (AvgIpc) is 3.29. The zero-order valence-electron chi connectivity index (χ0n) is 17.3. The van der Waals surface area contributed by atoms with Crippen LogP contribution in [-0.4, -0.2) is 34.9 Å². The molecule has 8 nitrogen and oxygen atoms in total. The van der Waals surface area contributed by atoms with Gasteiger partial charge in [-0.2, -0.15) is 5.01 Å². The molecule has 3 aromatic rings. The molecule has 160 valence electrons. The minimum Gasteiger partial charge on any atom is -0.459 e. The Morgan fingerprint density at radius 3 is 2.52 bits per heavy atom. The monoisotopic (exact) mass is 420 g/mol. The third kappa shape index (κ3) is 4.02. The van der Waals surface area contributed by atoms with Crippen molar-refractivity contribution in [2.24, 2.45) is 0 Å². The highest BCUT2D eigenvalue weighted by molar-refractivity contribution is 6.07. The summed E-state index contributed by atoms with van der Waals surface area (Å²) in [5.74, 6) is -0.333. The predicted molar refractivity (Wildman–Crippen MR) is 115 cm³/mol. The first-order valence-corrected chi connectivity index (χ1v) is 10.1. The van der Waals surface area contributed by atoms with Crippen molar-refractivity contribution in [3.8, 4) is 0 Å². The van der Waals surface area contributed by atoms with E-state index in [2.05, 4.69) is 16.1 Å². The first-order valence-electron chi connectivity index (χ1n) is 10.1. The van der Waals surface area contributed by atoms with Crippen LogP contribution in [0.4, 0.5) is 4.79 Å². The fraction of sp³-hybridized carbons (Fsp3) is 0.261. The van der Waals surface area contributed by atoms with Crippen molar-refractivity contribution in [1.29, 1.82) is 0 Å². The molecule has 2 heterocycles. The molecule has 1 aromatic heterocycles. The number of rotatable bonds is 7. The SMILES string of the molecule is CC[C@@]1(C)NC(=O)N(NC(=O)CN[C@@H](c2ccccc2)c2cc3ccccc3o2)C1=O. The van der Waals surface area contributed by atoms with Gasteiger partial charge in [0.15, 0.2) is 0 Å². The summed E-state index contributed by atoms with van der Waals surface area (Å²) in [6, 6.07) is 18.2. The second kappa shape index (κ2) is 8.23. The van der Waals surface area contributed by atoms with Gasteiger partial charge < -0.3 is 9.73 Å². The minimum atomic E-state index is -1.02. The number of imide groups is 1. The van der Waals surface area contributed by atoms with Crippen molar-refractivity contribution < 1.29 is 18.8 Å². The van der Waals surface area contributed by atoms with Crippen LogP contribution in [0.1, 0.15) is 37.6 Å². The maximum atomic E-state index is 12.6. The van der Waals surface area contributed by atoms with E-state index in [4.69, 9.17) is 4.42 Å². The number of benzene rings is 2. The largest absolute Gasteiger partial charge is 0.459 e. The molecule has 1 fully saturated rings. The molecule has 0 aliphatic carbocycles. The minimum absolute atomic E-state index is 0.128. The number of carbonyl (C=O) groups is 3. The molecule has 4 rings (SSSR count). The molecule has 2 atom stereocenters. The standard InChI is InChI=1S/C23H24N4O4/c1-3-23(2)21(29)27(22(30)25-23)26-19(28)14-24-20(15-9-5-4-6-10-15)18-13-16-11-7-8-12-17(16)31-18/h4-13,20,24H,3,14H2,1-2H3,(H,25,30)(H,26,28)/t20-,23+/m0/s1. The normalized spacial score (nSPS) is 19.5. The van der Waals surface area contributed by atoms with Crippen molar-refractivity contribution >= 4 is 28.8 Å². The van der Waals surface area contributed by atoms with Crippen molar-refractivity contribution in [3.05, 3.63) is 72.0 Å². The van der Waals surface area contributed by atoms with Gasteiger partial charge in [0.25, 0.3) is 11.8 Å². The van der Waals surface area contributed by atoms with E-state index < -0.39 is 23.4 Å². The summed E-state index contributed by atoms with van der Waals surface area (Å²) in [7, 11) is 0. The zero-order valence-corrected chi connectivity index (χ0v) is 17.3. The first-order chi connectivity index (χ1) is 14.9. The zero-order chi connectivity index (χ0) is 22.0. The molecule has 1 aliphatic heterocycles. The molecule has 0 unspecified atom stereocenters. The Morgan fingerprint density at radius 2 is 1.84 bits per heavy atom. The summed E-state index contributed by atoms with van der Waals surface area (Å²) in [5, 5.41) is 7.48. The topological polar surface area (TPSA) is 104 Å². The summed E-state index contributed by atoms with van der Waals surface area (Å²) in [6.07, 6.45) is 0.421. The van der Waals surface area contributed by atoms with Crippen LogP contribution in [0, 0.1) is 0 Å². The lowest BCUT2D eigenvalue weighted by molar-refractivity contribution is -0.138. The molecule has 8 heteroatoms. The molecule has 2 aromatic carbocycles. The van der Waals surface area contributed by atoms with E-state index in [9.17, 15) is 14.4 Å². The van der Waals surface area contributed by atoms with Crippen LogP contribution in [0.15, 0.2) is 65.1 Å². The van der Waals surface area contributed by atoms with Gasteiger partial charge in [0.05, 0.1) is 12.6 Å². The Labute approximate surface area is 179 Å². The highest BCUT2D eigenvalue weighted by Gasteiger charge is 2.47. The number of hydrazine groups is 1. The first kappa shape index (κ1) is 20.6. The Bertz CT molecular complexity index is 1090. The maximum absolute atomic E-state index is 12.6. The fourth-order valence-electron chi connectivity index (χ4n) is 3.56. The molecule has 0 radical (unpaired) electrons. The molecule has 3 N–H and O–H groups in total. The number of nitrogens with zero attached hydrogens (tertiary/aromatic N) is 1. The molecule has 1 saturated heterocycles. The van der Waals surface area contributed by atoms with E-state index >= 15 is 0 Å². The number of carbonyl (C=O) groups excluding carboxylic acids is 3. The lowest BCUT2D eigenvalue weighted by Crippen LogP contribution is -2.50. The highest BCUT2D eigenvalue weighted by Crippen LogP contribution is 2.28. The fourth-order valence-corrected chi connectivity index (χ4v) is 3.56. The smallest absolute Gasteiger partial charge is 0.344 e. The molecular formula is C23H24N4O4. The number of hydrogen-bond acceptors (Lipinski definition) is 5. The van der Waals surface area contributed by atoms with E-state index in [-0.39, 0.29) is 12.6 Å². The van der Waals surface area contributed by atoms with E-state index in [0.29, 0.717) is 12.2 Å². The third-order valence-corrected chi connectivity index (χ3v) is 5.53. The Morgan fingerprint density at radius 1 is 1.13 bits per heavy atom. The van der Waals surface area contributed by atoms with Crippen LogP contribution < -0.4 is 16.1 Å².